The lowest BCUT2D eigenvalue weighted by Gasteiger charge is -2.32. The zero-order valence-electron chi connectivity index (χ0n) is 16.0. The maximum atomic E-state index is 12.8. The zero-order chi connectivity index (χ0) is 18.5. The highest BCUT2D eigenvalue weighted by Crippen LogP contribution is 2.20. The lowest BCUT2D eigenvalue weighted by molar-refractivity contribution is -0.126. The van der Waals surface area contributed by atoms with Crippen molar-refractivity contribution in [2.24, 2.45) is 11.8 Å². The molecule has 1 aromatic rings. The van der Waals surface area contributed by atoms with Crippen LogP contribution in [0.5, 0.6) is 0 Å². The Balaban J connectivity index is 1.52. The summed E-state index contributed by atoms with van der Waals surface area (Å²) in [6, 6.07) is 5.95. The number of aryl methyl sites for hydroxylation is 2. The summed E-state index contributed by atoms with van der Waals surface area (Å²) in [6.45, 7) is 8.19. The van der Waals surface area contributed by atoms with Gasteiger partial charge >= 0.3 is 0 Å². The summed E-state index contributed by atoms with van der Waals surface area (Å²) in [5, 5.41) is 6.45. The minimum absolute atomic E-state index is 0.0475. The Morgan fingerprint density at radius 2 is 1.96 bits per heavy atom. The van der Waals surface area contributed by atoms with Gasteiger partial charge in [0.25, 0.3) is 5.91 Å². The highest BCUT2D eigenvalue weighted by molar-refractivity contribution is 5.95. The second-order valence-corrected chi connectivity index (χ2v) is 7.91. The number of carbonyl (C=O) groups is 2. The van der Waals surface area contributed by atoms with Gasteiger partial charge in [0.05, 0.1) is 5.92 Å². The van der Waals surface area contributed by atoms with Gasteiger partial charge in [-0.3, -0.25) is 9.59 Å². The van der Waals surface area contributed by atoms with Crippen molar-refractivity contribution in [3.05, 3.63) is 34.9 Å². The maximum Gasteiger partial charge on any atom is 0.253 e. The van der Waals surface area contributed by atoms with E-state index in [0.717, 1.165) is 62.1 Å². The van der Waals surface area contributed by atoms with Gasteiger partial charge in [-0.25, -0.2) is 0 Å². The van der Waals surface area contributed by atoms with Crippen molar-refractivity contribution in [2.45, 2.75) is 39.5 Å². The molecular weight excluding hydrogens is 326 g/mol. The zero-order valence-corrected chi connectivity index (χ0v) is 16.0. The van der Waals surface area contributed by atoms with Crippen LogP contribution in [0.15, 0.2) is 18.2 Å². The number of nitrogens with one attached hydrogen (secondary N) is 2. The number of amides is 2. The third-order valence-electron chi connectivity index (χ3n) is 5.56. The van der Waals surface area contributed by atoms with Crippen LogP contribution < -0.4 is 10.6 Å². The Hall–Kier alpha value is -1.88. The predicted molar refractivity (Wildman–Crippen MR) is 103 cm³/mol. The summed E-state index contributed by atoms with van der Waals surface area (Å²) in [5.41, 5.74) is 2.93. The molecular formula is C21H31N3O2. The molecule has 2 heterocycles. The van der Waals surface area contributed by atoms with E-state index >= 15 is 0 Å². The molecule has 2 atom stereocenters. The normalized spacial score (nSPS) is 23.1. The van der Waals surface area contributed by atoms with Crippen molar-refractivity contribution in [2.75, 3.05) is 32.7 Å². The highest BCUT2D eigenvalue weighted by Gasteiger charge is 2.29. The summed E-state index contributed by atoms with van der Waals surface area (Å²) < 4.78 is 0. The van der Waals surface area contributed by atoms with Crippen molar-refractivity contribution in [3.63, 3.8) is 0 Å². The van der Waals surface area contributed by atoms with Crippen molar-refractivity contribution < 1.29 is 9.59 Å². The van der Waals surface area contributed by atoms with Gasteiger partial charge < -0.3 is 15.5 Å². The first-order chi connectivity index (χ1) is 12.5. The average Bonchev–Trinajstić information content (AvgIpc) is 3.13. The number of hydrogen-bond acceptors (Lipinski definition) is 3. The first-order valence-electron chi connectivity index (χ1n) is 9.89. The summed E-state index contributed by atoms with van der Waals surface area (Å²) in [7, 11) is 0. The third-order valence-corrected chi connectivity index (χ3v) is 5.56. The van der Waals surface area contributed by atoms with Crippen LogP contribution in [0.2, 0.25) is 0 Å². The summed E-state index contributed by atoms with van der Waals surface area (Å²) in [6.07, 6.45) is 4.00. The van der Waals surface area contributed by atoms with Crippen LogP contribution in [-0.4, -0.2) is 49.4 Å². The van der Waals surface area contributed by atoms with Crippen LogP contribution in [0, 0.1) is 25.7 Å². The standard InChI is InChI=1S/C21H31N3O2/c1-15-10-16(2)12-19(11-15)21(26)24-9-3-4-18(14-24)20(25)23-8-6-17-5-7-22-13-17/h10-12,17-18,22H,3-9,13-14H2,1-2H3,(H,23,25). The first kappa shape index (κ1) is 18.9. The van der Waals surface area contributed by atoms with E-state index in [-0.39, 0.29) is 17.7 Å². The van der Waals surface area contributed by atoms with Crippen LogP contribution in [0.4, 0.5) is 0 Å². The molecule has 0 saturated carbocycles. The first-order valence-corrected chi connectivity index (χ1v) is 9.89. The molecule has 0 aromatic heterocycles. The minimum atomic E-state index is -0.0830. The van der Waals surface area contributed by atoms with Crippen molar-refractivity contribution in [1.29, 1.82) is 0 Å². The number of hydrogen-bond donors (Lipinski definition) is 2. The van der Waals surface area contributed by atoms with Gasteiger partial charge in [-0.05, 0) is 70.7 Å². The van der Waals surface area contributed by atoms with Crippen LogP contribution in [0.3, 0.4) is 0 Å². The molecule has 0 aliphatic carbocycles. The maximum absolute atomic E-state index is 12.8. The molecule has 2 aliphatic rings. The second kappa shape index (κ2) is 8.67. The van der Waals surface area contributed by atoms with Gasteiger partial charge in [0.1, 0.15) is 0 Å². The van der Waals surface area contributed by atoms with E-state index in [4.69, 9.17) is 0 Å². The number of nitrogens with zero attached hydrogens (tertiary/aromatic N) is 1. The van der Waals surface area contributed by atoms with E-state index in [2.05, 4.69) is 16.7 Å². The average molecular weight is 357 g/mol. The molecule has 2 saturated heterocycles. The quantitative estimate of drug-likeness (QED) is 0.850. The van der Waals surface area contributed by atoms with Crippen LogP contribution in [0.1, 0.15) is 47.2 Å². The SMILES string of the molecule is Cc1cc(C)cc(C(=O)N2CCCC(C(=O)NCCC3CCNC3)C2)c1. The van der Waals surface area contributed by atoms with E-state index in [0.29, 0.717) is 12.5 Å². The lowest BCUT2D eigenvalue weighted by atomic mass is 9.95. The molecule has 2 aliphatic heterocycles. The molecule has 2 N–H and O–H groups in total. The van der Waals surface area contributed by atoms with Gasteiger partial charge in [-0.2, -0.15) is 0 Å². The molecule has 0 spiro atoms. The molecule has 3 rings (SSSR count). The van der Waals surface area contributed by atoms with Crippen molar-refractivity contribution >= 4 is 11.8 Å². The van der Waals surface area contributed by atoms with Gasteiger partial charge in [-0.1, -0.05) is 17.2 Å². The molecule has 26 heavy (non-hydrogen) atoms. The molecule has 5 heteroatoms. The predicted octanol–water partition coefficient (Wildman–Crippen LogP) is 2.27. The Morgan fingerprint density at radius 3 is 2.65 bits per heavy atom. The number of carbonyl (C=O) groups excluding carboxylic acids is 2. The topological polar surface area (TPSA) is 61.4 Å². The third kappa shape index (κ3) is 4.85. The molecule has 0 bridgehead atoms. The Morgan fingerprint density at radius 1 is 1.19 bits per heavy atom. The fourth-order valence-corrected chi connectivity index (χ4v) is 4.16. The Labute approximate surface area is 156 Å². The van der Waals surface area contributed by atoms with E-state index in [1.165, 1.54) is 6.42 Å². The monoisotopic (exact) mass is 357 g/mol. The highest BCUT2D eigenvalue weighted by atomic mass is 16.2. The Kier molecular flexibility index (Phi) is 6.30. The molecule has 5 nitrogen and oxygen atoms in total. The number of likely N-dealkylation sites (tertiary alicyclic amines) is 1. The second-order valence-electron chi connectivity index (χ2n) is 7.91. The number of piperidine rings is 1. The largest absolute Gasteiger partial charge is 0.356 e. The van der Waals surface area contributed by atoms with E-state index in [9.17, 15) is 9.59 Å². The van der Waals surface area contributed by atoms with Crippen LogP contribution in [-0.2, 0) is 4.79 Å². The van der Waals surface area contributed by atoms with Gasteiger partial charge in [0.2, 0.25) is 5.91 Å². The molecule has 2 amide bonds. The van der Waals surface area contributed by atoms with Crippen LogP contribution in [0.25, 0.3) is 0 Å². The molecule has 2 unspecified atom stereocenters. The van der Waals surface area contributed by atoms with Crippen molar-refractivity contribution in [3.8, 4) is 0 Å². The number of benzene rings is 1. The molecule has 0 radical (unpaired) electrons. The Bertz CT molecular complexity index is 632. The summed E-state index contributed by atoms with van der Waals surface area (Å²) in [4.78, 5) is 27.2. The van der Waals surface area contributed by atoms with Gasteiger partial charge in [-0.15, -0.1) is 0 Å². The van der Waals surface area contributed by atoms with E-state index in [1.54, 1.807) is 0 Å². The molecule has 1 aromatic carbocycles. The fourth-order valence-electron chi connectivity index (χ4n) is 4.16. The van der Waals surface area contributed by atoms with Crippen molar-refractivity contribution in [1.82, 2.24) is 15.5 Å². The van der Waals surface area contributed by atoms with E-state index < -0.39 is 0 Å². The summed E-state index contributed by atoms with van der Waals surface area (Å²) >= 11 is 0. The van der Waals surface area contributed by atoms with Gasteiger partial charge in [0, 0.05) is 25.2 Å². The van der Waals surface area contributed by atoms with Crippen LogP contribution >= 0.6 is 0 Å². The van der Waals surface area contributed by atoms with E-state index in [1.807, 2.05) is 30.9 Å². The smallest absolute Gasteiger partial charge is 0.253 e. The fraction of sp³-hybridized carbons (Fsp3) is 0.619. The van der Waals surface area contributed by atoms with Gasteiger partial charge in [0.15, 0.2) is 0 Å². The lowest BCUT2D eigenvalue weighted by Crippen LogP contribution is -2.45. The summed E-state index contributed by atoms with van der Waals surface area (Å²) in [5.74, 6) is 0.754. The minimum Gasteiger partial charge on any atom is -0.356 e. The molecule has 2 fully saturated rings. The molecule has 142 valence electrons. The number of rotatable bonds is 5.